The second kappa shape index (κ2) is 7.49. The summed E-state index contributed by atoms with van der Waals surface area (Å²) in [6.45, 7) is 3.95. The number of carboxylic acids is 1. The molecule has 23 heavy (non-hydrogen) atoms. The van der Waals surface area contributed by atoms with Crippen LogP contribution in [0.5, 0.6) is 0 Å². The van der Waals surface area contributed by atoms with Gasteiger partial charge in [-0.15, -0.1) is 0 Å². The van der Waals surface area contributed by atoms with Crippen molar-refractivity contribution < 1.29 is 23.8 Å². The van der Waals surface area contributed by atoms with Crippen LogP contribution in [0.4, 0.5) is 4.79 Å². The van der Waals surface area contributed by atoms with Gasteiger partial charge in [0.05, 0.1) is 6.04 Å². The minimum Gasteiger partial charge on any atom is -0.475 e. The van der Waals surface area contributed by atoms with Gasteiger partial charge >= 0.3 is 12.1 Å². The summed E-state index contributed by atoms with van der Waals surface area (Å²) in [5.74, 6) is -0.920. The number of carboxylic acid groups (broad SMARTS) is 1. The van der Waals surface area contributed by atoms with Crippen molar-refractivity contribution in [1.82, 2.24) is 5.32 Å². The molecule has 2 N–H and O–H groups in total. The van der Waals surface area contributed by atoms with Crippen LogP contribution in [0.25, 0.3) is 0 Å². The van der Waals surface area contributed by atoms with Gasteiger partial charge in [-0.25, -0.2) is 9.59 Å². The highest BCUT2D eigenvalue weighted by Gasteiger charge is 2.23. The van der Waals surface area contributed by atoms with Crippen molar-refractivity contribution in [2.45, 2.75) is 26.5 Å². The Morgan fingerprint density at radius 2 is 1.87 bits per heavy atom. The summed E-state index contributed by atoms with van der Waals surface area (Å²) < 4.78 is 10.4. The molecule has 0 radical (unpaired) electrons. The maximum Gasteiger partial charge on any atom is 0.408 e. The Hall–Kier alpha value is -2.76. The van der Waals surface area contributed by atoms with Crippen LogP contribution in [-0.4, -0.2) is 17.2 Å². The number of aromatic carboxylic acids is 1. The van der Waals surface area contributed by atoms with Crippen LogP contribution in [0.3, 0.4) is 0 Å². The van der Waals surface area contributed by atoms with Gasteiger partial charge in [0.25, 0.3) is 0 Å². The summed E-state index contributed by atoms with van der Waals surface area (Å²) in [7, 11) is 0. The first-order valence-electron chi connectivity index (χ1n) is 7.27. The normalized spacial score (nSPS) is 12.0. The van der Waals surface area contributed by atoms with Crippen molar-refractivity contribution in [3.05, 3.63) is 59.5 Å². The summed E-state index contributed by atoms with van der Waals surface area (Å²) in [5.41, 5.74) is 0.884. The van der Waals surface area contributed by atoms with E-state index in [9.17, 15) is 9.59 Å². The van der Waals surface area contributed by atoms with Gasteiger partial charge in [-0.1, -0.05) is 44.2 Å². The van der Waals surface area contributed by atoms with Gasteiger partial charge in [0.2, 0.25) is 5.76 Å². The molecule has 1 aromatic carbocycles. The van der Waals surface area contributed by atoms with E-state index in [0.717, 1.165) is 5.56 Å². The lowest BCUT2D eigenvalue weighted by Gasteiger charge is -2.20. The van der Waals surface area contributed by atoms with Crippen LogP contribution >= 0.6 is 0 Å². The van der Waals surface area contributed by atoms with E-state index in [2.05, 4.69) is 5.32 Å². The highest BCUT2D eigenvalue weighted by molar-refractivity contribution is 5.84. The molecule has 6 nitrogen and oxygen atoms in total. The minimum atomic E-state index is -1.15. The summed E-state index contributed by atoms with van der Waals surface area (Å²) in [4.78, 5) is 22.8. The zero-order valence-electron chi connectivity index (χ0n) is 13.0. The maximum absolute atomic E-state index is 12.0. The van der Waals surface area contributed by atoms with E-state index in [0.29, 0.717) is 5.76 Å². The first-order chi connectivity index (χ1) is 11.0. The average molecular weight is 317 g/mol. The van der Waals surface area contributed by atoms with Crippen LogP contribution in [0.2, 0.25) is 0 Å². The van der Waals surface area contributed by atoms with Crippen LogP contribution < -0.4 is 5.32 Å². The number of carbonyl (C=O) groups is 2. The molecule has 0 saturated carbocycles. The molecule has 1 aromatic heterocycles. The molecule has 6 heteroatoms. The Balaban J connectivity index is 1.98. The molecule has 0 aliphatic rings. The van der Waals surface area contributed by atoms with Gasteiger partial charge in [-0.3, -0.25) is 0 Å². The first kappa shape index (κ1) is 16.6. The highest BCUT2D eigenvalue weighted by Crippen LogP contribution is 2.24. The fourth-order valence-electron chi connectivity index (χ4n) is 2.09. The lowest BCUT2D eigenvalue weighted by atomic mass is 10.0. The highest BCUT2D eigenvalue weighted by atomic mass is 16.5. The fraction of sp³-hybridized carbons (Fsp3) is 0.294. The van der Waals surface area contributed by atoms with Crippen molar-refractivity contribution >= 4 is 12.1 Å². The maximum atomic E-state index is 12.0. The Labute approximate surface area is 134 Å². The number of alkyl carbamates (subject to hydrolysis) is 1. The molecule has 122 valence electrons. The van der Waals surface area contributed by atoms with Gasteiger partial charge in [0, 0.05) is 0 Å². The SMILES string of the molecule is CC(C)[C@H](NC(=O)OCc1ccccc1)c1ccc(C(=O)O)o1. The van der Waals surface area contributed by atoms with Crippen molar-refractivity contribution in [3.8, 4) is 0 Å². The van der Waals surface area contributed by atoms with Crippen LogP contribution in [0, 0.1) is 5.92 Å². The van der Waals surface area contributed by atoms with Gasteiger partial charge in [0.15, 0.2) is 0 Å². The van der Waals surface area contributed by atoms with Crippen LogP contribution in [0.1, 0.15) is 41.8 Å². The number of nitrogens with one attached hydrogen (secondary N) is 1. The topological polar surface area (TPSA) is 88.8 Å². The summed E-state index contributed by atoms with van der Waals surface area (Å²) in [6.07, 6.45) is -0.583. The van der Waals surface area contributed by atoms with Gasteiger partial charge in [0.1, 0.15) is 12.4 Å². The molecule has 0 fully saturated rings. The molecule has 0 unspecified atom stereocenters. The number of amides is 1. The lowest BCUT2D eigenvalue weighted by molar-refractivity contribution is 0.0658. The second-order valence-corrected chi connectivity index (χ2v) is 5.43. The predicted octanol–water partition coefficient (Wildman–Crippen LogP) is 3.60. The molecule has 0 bridgehead atoms. The molecule has 1 atom stereocenters. The number of benzene rings is 1. The van der Waals surface area contributed by atoms with E-state index in [1.807, 2.05) is 44.2 Å². The third-order valence-electron chi connectivity index (χ3n) is 3.30. The van der Waals surface area contributed by atoms with E-state index in [1.54, 1.807) is 6.07 Å². The summed E-state index contributed by atoms with van der Waals surface area (Å²) in [6, 6.07) is 11.8. The number of ether oxygens (including phenoxy) is 1. The molecule has 2 rings (SSSR count). The summed E-state index contributed by atoms with van der Waals surface area (Å²) >= 11 is 0. The zero-order valence-corrected chi connectivity index (χ0v) is 13.0. The molecule has 0 spiro atoms. The number of carbonyl (C=O) groups excluding carboxylic acids is 1. The number of furan rings is 1. The predicted molar refractivity (Wildman–Crippen MR) is 83.0 cm³/mol. The molecular weight excluding hydrogens is 298 g/mol. The average Bonchev–Trinajstić information content (AvgIpc) is 3.01. The Morgan fingerprint density at radius 1 is 1.17 bits per heavy atom. The largest absolute Gasteiger partial charge is 0.475 e. The first-order valence-corrected chi connectivity index (χ1v) is 7.27. The van der Waals surface area contributed by atoms with E-state index < -0.39 is 18.1 Å². The van der Waals surface area contributed by atoms with E-state index in [-0.39, 0.29) is 18.3 Å². The third-order valence-corrected chi connectivity index (χ3v) is 3.30. The standard InChI is InChI=1S/C17H19NO5/c1-11(2)15(13-8-9-14(23-13)16(19)20)18-17(21)22-10-12-6-4-3-5-7-12/h3-9,11,15H,10H2,1-2H3,(H,18,21)(H,19,20)/t15-/m0/s1. The smallest absolute Gasteiger partial charge is 0.408 e. The van der Waals surface area contributed by atoms with Crippen LogP contribution in [0.15, 0.2) is 46.9 Å². The molecule has 0 saturated heterocycles. The molecule has 1 amide bonds. The molecular formula is C17H19NO5. The van der Waals surface area contributed by atoms with E-state index in [4.69, 9.17) is 14.3 Å². The van der Waals surface area contributed by atoms with Gasteiger partial charge in [-0.05, 0) is 23.6 Å². The molecule has 2 aromatic rings. The van der Waals surface area contributed by atoms with E-state index >= 15 is 0 Å². The molecule has 1 heterocycles. The third kappa shape index (κ3) is 4.60. The Morgan fingerprint density at radius 3 is 2.43 bits per heavy atom. The Bertz CT molecular complexity index is 663. The molecule has 0 aliphatic heterocycles. The van der Waals surface area contributed by atoms with Crippen molar-refractivity contribution in [2.75, 3.05) is 0 Å². The zero-order chi connectivity index (χ0) is 16.8. The number of hydrogen-bond acceptors (Lipinski definition) is 4. The van der Waals surface area contributed by atoms with Crippen molar-refractivity contribution in [1.29, 1.82) is 0 Å². The summed E-state index contributed by atoms with van der Waals surface area (Å²) in [5, 5.41) is 11.6. The van der Waals surface area contributed by atoms with Crippen molar-refractivity contribution in [2.24, 2.45) is 5.92 Å². The van der Waals surface area contributed by atoms with Crippen molar-refractivity contribution in [3.63, 3.8) is 0 Å². The number of rotatable bonds is 6. The van der Waals surface area contributed by atoms with Gasteiger partial charge in [-0.2, -0.15) is 0 Å². The van der Waals surface area contributed by atoms with Gasteiger partial charge < -0.3 is 19.6 Å². The quantitative estimate of drug-likeness (QED) is 0.849. The monoisotopic (exact) mass is 317 g/mol. The number of hydrogen-bond donors (Lipinski definition) is 2. The van der Waals surface area contributed by atoms with E-state index in [1.165, 1.54) is 6.07 Å². The molecule has 0 aliphatic carbocycles. The Kier molecular flexibility index (Phi) is 5.41. The van der Waals surface area contributed by atoms with Crippen LogP contribution in [-0.2, 0) is 11.3 Å². The minimum absolute atomic E-state index is 0.00655. The second-order valence-electron chi connectivity index (χ2n) is 5.43. The fourth-order valence-corrected chi connectivity index (χ4v) is 2.09. The lowest BCUT2D eigenvalue weighted by Crippen LogP contribution is -2.32.